The summed E-state index contributed by atoms with van der Waals surface area (Å²) in [5, 5.41) is 15.3. The summed E-state index contributed by atoms with van der Waals surface area (Å²) in [6.07, 6.45) is 2.87. The van der Waals surface area contributed by atoms with Crippen molar-refractivity contribution in [1.82, 2.24) is 14.7 Å². The molecule has 4 rings (SSSR count). The van der Waals surface area contributed by atoms with Gasteiger partial charge in [-0.15, -0.1) is 0 Å². The minimum Gasteiger partial charge on any atom is -0.480 e. The number of halogens is 1. The molecule has 2 heterocycles. The van der Waals surface area contributed by atoms with Gasteiger partial charge in [0.25, 0.3) is 5.91 Å². The van der Waals surface area contributed by atoms with E-state index in [4.69, 9.17) is 11.6 Å². The number of aliphatic carboxylic acids is 1. The average Bonchev–Trinajstić information content (AvgIpc) is 3.26. The second-order valence-corrected chi connectivity index (χ2v) is 7.33. The van der Waals surface area contributed by atoms with Gasteiger partial charge in [0.1, 0.15) is 5.54 Å². The predicted molar refractivity (Wildman–Crippen MR) is 102 cm³/mol. The van der Waals surface area contributed by atoms with Gasteiger partial charge in [0.05, 0.1) is 22.4 Å². The Morgan fingerprint density at radius 2 is 2.00 bits per heavy atom. The molecule has 6 nitrogen and oxygen atoms in total. The summed E-state index contributed by atoms with van der Waals surface area (Å²) in [6, 6.07) is 12.8. The fourth-order valence-corrected chi connectivity index (χ4v) is 3.90. The van der Waals surface area contributed by atoms with Crippen molar-refractivity contribution in [3.63, 3.8) is 0 Å². The maximum absolute atomic E-state index is 12.9. The Morgan fingerprint density at radius 1 is 1.22 bits per heavy atom. The van der Waals surface area contributed by atoms with Crippen LogP contribution < -0.4 is 0 Å². The van der Waals surface area contributed by atoms with Crippen LogP contribution in [0.4, 0.5) is 0 Å². The van der Waals surface area contributed by atoms with Crippen LogP contribution in [0.15, 0.2) is 48.7 Å². The molecule has 1 N–H and O–H groups in total. The van der Waals surface area contributed by atoms with Gasteiger partial charge in [0, 0.05) is 17.5 Å². The van der Waals surface area contributed by atoms with E-state index in [0.29, 0.717) is 35.7 Å². The number of hydrogen-bond acceptors (Lipinski definition) is 3. The molecule has 1 aliphatic rings. The average molecular weight is 384 g/mol. The number of carboxylic acid groups (broad SMARTS) is 1. The monoisotopic (exact) mass is 383 g/mol. The van der Waals surface area contributed by atoms with Crippen molar-refractivity contribution in [3.8, 4) is 5.69 Å². The molecule has 138 valence electrons. The van der Waals surface area contributed by atoms with E-state index in [1.807, 2.05) is 24.3 Å². The number of carbonyl (C=O) groups excluding carboxylic acids is 1. The van der Waals surface area contributed by atoms with Gasteiger partial charge in [-0.1, -0.05) is 29.8 Å². The summed E-state index contributed by atoms with van der Waals surface area (Å²) in [5.74, 6) is -1.31. The van der Waals surface area contributed by atoms with E-state index in [0.717, 1.165) is 10.9 Å². The Hall–Kier alpha value is -2.86. The van der Waals surface area contributed by atoms with Crippen LogP contribution >= 0.6 is 11.6 Å². The van der Waals surface area contributed by atoms with Crippen LogP contribution in [0.25, 0.3) is 16.6 Å². The maximum Gasteiger partial charge on any atom is 0.329 e. The van der Waals surface area contributed by atoms with Crippen LogP contribution in [0.2, 0.25) is 5.02 Å². The van der Waals surface area contributed by atoms with E-state index in [9.17, 15) is 14.7 Å². The normalized spacial score (nSPS) is 19.6. The Balaban J connectivity index is 1.70. The Kier molecular flexibility index (Phi) is 4.15. The lowest BCUT2D eigenvalue weighted by molar-refractivity contribution is -0.147. The minimum absolute atomic E-state index is 0.323. The van der Waals surface area contributed by atoms with E-state index >= 15 is 0 Å². The molecule has 0 unspecified atom stereocenters. The molecule has 0 aliphatic carbocycles. The van der Waals surface area contributed by atoms with Crippen molar-refractivity contribution in [2.24, 2.45) is 0 Å². The molecular formula is C20H18ClN3O3. The van der Waals surface area contributed by atoms with Crippen LogP contribution in [-0.4, -0.2) is 43.7 Å². The van der Waals surface area contributed by atoms with Gasteiger partial charge in [-0.3, -0.25) is 4.79 Å². The smallest absolute Gasteiger partial charge is 0.329 e. The molecule has 1 saturated heterocycles. The van der Waals surface area contributed by atoms with Gasteiger partial charge >= 0.3 is 5.97 Å². The number of para-hydroxylation sites is 1. The molecule has 1 aromatic heterocycles. The third-order valence-corrected chi connectivity index (χ3v) is 5.55. The van der Waals surface area contributed by atoms with Gasteiger partial charge in [0.2, 0.25) is 0 Å². The van der Waals surface area contributed by atoms with E-state index in [-0.39, 0.29) is 5.91 Å². The Morgan fingerprint density at radius 3 is 2.74 bits per heavy atom. The van der Waals surface area contributed by atoms with Crippen molar-refractivity contribution >= 4 is 34.4 Å². The fraction of sp³-hybridized carbons (Fsp3) is 0.250. The Labute approximate surface area is 161 Å². The third-order valence-electron chi connectivity index (χ3n) is 5.25. The summed E-state index contributed by atoms with van der Waals surface area (Å²) in [5.41, 5.74) is 0.767. The molecule has 0 spiro atoms. The first-order valence-corrected chi connectivity index (χ1v) is 9.08. The number of carboxylic acids is 1. The predicted octanol–water partition coefficient (Wildman–Crippen LogP) is 3.76. The van der Waals surface area contributed by atoms with Gasteiger partial charge in [-0.25, -0.2) is 9.48 Å². The summed E-state index contributed by atoms with van der Waals surface area (Å²) in [4.78, 5) is 26.0. The number of benzene rings is 2. The molecule has 0 radical (unpaired) electrons. The van der Waals surface area contributed by atoms with E-state index in [1.54, 1.807) is 36.0 Å². The van der Waals surface area contributed by atoms with Crippen molar-refractivity contribution < 1.29 is 14.7 Å². The molecule has 3 aromatic rings. The summed E-state index contributed by atoms with van der Waals surface area (Å²) < 4.78 is 1.73. The molecule has 7 heteroatoms. The first-order valence-electron chi connectivity index (χ1n) is 8.70. The minimum atomic E-state index is -1.18. The van der Waals surface area contributed by atoms with Gasteiger partial charge in [0.15, 0.2) is 0 Å². The van der Waals surface area contributed by atoms with Crippen LogP contribution in [0.5, 0.6) is 0 Å². The van der Waals surface area contributed by atoms with Gasteiger partial charge in [-0.2, -0.15) is 5.10 Å². The van der Waals surface area contributed by atoms with Crippen LogP contribution in [-0.2, 0) is 4.79 Å². The zero-order chi connectivity index (χ0) is 19.2. The number of aromatic nitrogens is 2. The number of nitrogens with zero attached hydrogens (tertiary/aromatic N) is 3. The largest absolute Gasteiger partial charge is 0.480 e. The van der Waals surface area contributed by atoms with Crippen LogP contribution in [0.1, 0.15) is 30.1 Å². The van der Waals surface area contributed by atoms with E-state index in [1.165, 1.54) is 4.90 Å². The SMILES string of the molecule is C[C@]1(C(=O)O)CCCN1C(=O)c1ccc(-n2ncc3ccccc32)c(Cl)c1. The molecule has 1 aliphatic heterocycles. The van der Waals surface area contributed by atoms with Crippen LogP contribution in [0.3, 0.4) is 0 Å². The summed E-state index contributed by atoms with van der Waals surface area (Å²) in [7, 11) is 0. The standard InChI is InChI=1S/C20H18ClN3O3/c1-20(19(26)27)9-4-10-23(20)18(25)13-7-8-17(15(21)11-13)24-16-6-3-2-5-14(16)12-22-24/h2-3,5-8,11-12H,4,9-10H2,1H3,(H,26,27)/t20-/m1/s1. The molecular weight excluding hydrogens is 366 g/mol. The van der Waals surface area contributed by atoms with Gasteiger partial charge < -0.3 is 10.0 Å². The molecule has 0 bridgehead atoms. The number of amides is 1. The number of fused-ring (bicyclic) bond motifs is 1. The van der Waals surface area contributed by atoms with Crippen molar-refractivity contribution in [2.75, 3.05) is 6.54 Å². The Bertz CT molecular complexity index is 1060. The zero-order valence-electron chi connectivity index (χ0n) is 14.7. The fourth-order valence-electron chi connectivity index (χ4n) is 3.64. The molecule has 1 fully saturated rings. The third kappa shape index (κ3) is 2.77. The maximum atomic E-state index is 12.9. The highest BCUT2D eigenvalue weighted by molar-refractivity contribution is 6.32. The van der Waals surface area contributed by atoms with E-state index in [2.05, 4.69) is 5.10 Å². The van der Waals surface area contributed by atoms with E-state index < -0.39 is 11.5 Å². The highest BCUT2D eigenvalue weighted by atomic mass is 35.5. The molecule has 0 saturated carbocycles. The lowest BCUT2D eigenvalue weighted by atomic mass is 9.98. The molecule has 1 amide bonds. The molecule has 1 atom stereocenters. The second-order valence-electron chi connectivity index (χ2n) is 6.92. The molecule has 2 aromatic carbocycles. The number of rotatable bonds is 3. The number of hydrogen-bond donors (Lipinski definition) is 1. The summed E-state index contributed by atoms with van der Waals surface area (Å²) in [6.45, 7) is 2.01. The summed E-state index contributed by atoms with van der Waals surface area (Å²) >= 11 is 6.46. The number of likely N-dealkylation sites (tertiary alicyclic amines) is 1. The lowest BCUT2D eigenvalue weighted by Crippen LogP contribution is -2.50. The first kappa shape index (κ1) is 17.5. The van der Waals surface area contributed by atoms with Gasteiger partial charge in [-0.05, 0) is 44.0 Å². The topological polar surface area (TPSA) is 75.4 Å². The first-order chi connectivity index (χ1) is 12.9. The van der Waals surface area contributed by atoms with Crippen LogP contribution in [0, 0.1) is 0 Å². The highest BCUT2D eigenvalue weighted by Gasteiger charge is 2.46. The number of carbonyl (C=O) groups is 2. The lowest BCUT2D eigenvalue weighted by Gasteiger charge is -2.31. The quantitative estimate of drug-likeness (QED) is 0.747. The zero-order valence-corrected chi connectivity index (χ0v) is 15.5. The van der Waals surface area contributed by atoms with Crippen molar-refractivity contribution in [3.05, 3.63) is 59.2 Å². The second kappa shape index (κ2) is 6.39. The highest BCUT2D eigenvalue weighted by Crippen LogP contribution is 2.32. The van der Waals surface area contributed by atoms with Crippen molar-refractivity contribution in [2.45, 2.75) is 25.3 Å². The molecule has 27 heavy (non-hydrogen) atoms. The van der Waals surface area contributed by atoms with Crippen molar-refractivity contribution in [1.29, 1.82) is 0 Å².